The van der Waals surface area contributed by atoms with Gasteiger partial charge < -0.3 is 15.1 Å². The van der Waals surface area contributed by atoms with E-state index in [4.69, 9.17) is 4.42 Å². The van der Waals surface area contributed by atoms with Gasteiger partial charge in [-0.2, -0.15) is 0 Å². The number of thiophene rings is 1. The van der Waals surface area contributed by atoms with Crippen LogP contribution >= 0.6 is 11.3 Å². The van der Waals surface area contributed by atoms with Crippen molar-refractivity contribution in [1.29, 1.82) is 0 Å². The van der Waals surface area contributed by atoms with Crippen LogP contribution in [0.3, 0.4) is 0 Å². The molecule has 0 radical (unpaired) electrons. The van der Waals surface area contributed by atoms with Crippen LogP contribution in [0, 0.1) is 6.92 Å². The molecule has 2 amide bonds. The van der Waals surface area contributed by atoms with Crippen molar-refractivity contribution in [2.45, 2.75) is 31.7 Å². The molecule has 6 heteroatoms. The number of benzene rings is 1. The molecule has 2 heterocycles. The van der Waals surface area contributed by atoms with E-state index in [2.05, 4.69) is 22.8 Å². The molecule has 27 heavy (non-hydrogen) atoms. The van der Waals surface area contributed by atoms with Gasteiger partial charge in [0.1, 0.15) is 0 Å². The highest BCUT2D eigenvalue weighted by molar-refractivity contribution is 7.18. The van der Waals surface area contributed by atoms with Crippen LogP contribution in [0.4, 0.5) is 5.00 Å². The minimum absolute atomic E-state index is 0.0976. The summed E-state index contributed by atoms with van der Waals surface area (Å²) in [6, 6.07) is 15.2. The van der Waals surface area contributed by atoms with E-state index in [1.54, 1.807) is 12.1 Å². The molecule has 5 nitrogen and oxygen atoms in total. The van der Waals surface area contributed by atoms with Gasteiger partial charge in [-0.05, 0) is 55.5 Å². The van der Waals surface area contributed by atoms with E-state index >= 15 is 0 Å². The quantitative estimate of drug-likeness (QED) is 0.673. The summed E-state index contributed by atoms with van der Waals surface area (Å²) in [7, 11) is 0. The molecular formula is C21H20N2O3S. The number of amides is 2. The molecule has 3 aromatic rings. The highest BCUT2D eigenvalue weighted by atomic mass is 32.1. The molecule has 0 aliphatic heterocycles. The Morgan fingerprint density at radius 1 is 1.07 bits per heavy atom. The molecule has 138 valence electrons. The molecule has 1 aromatic carbocycles. The summed E-state index contributed by atoms with van der Waals surface area (Å²) in [5.41, 5.74) is 1.70. The smallest absolute Gasteiger partial charge is 0.291 e. The second-order valence-corrected chi connectivity index (χ2v) is 7.86. The van der Waals surface area contributed by atoms with Gasteiger partial charge in [0.25, 0.3) is 11.8 Å². The highest BCUT2D eigenvalue weighted by Crippen LogP contribution is 2.42. The fourth-order valence-electron chi connectivity index (χ4n) is 3.40. The van der Waals surface area contributed by atoms with Gasteiger partial charge in [0.2, 0.25) is 0 Å². The predicted octanol–water partition coefficient (Wildman–Crippen LogP) is 4.71. The van der Waals surface area contributed by atoms with Crippen LogP contribution in [-0.2, 0) is 5.54 Å². The summed E-state index contributed by atoms with van der Waals surface area (Å²) in [6.07, 6.45) is 4.43. The van der Waals surface area contributed by atoms with Gasteiger partial charge >= 0.3 is 0 Å². The zero-order valence-electron chi connectivity index (χ0n) is 15.0. The zero-order valence-corrected chi connectivity index (χ0v) is 15.8. The second-order valence-electron chi connectivity index (χ2n) is 6.81. The van der Waals surface area contributed by atoms with Crippen LogP contribution in [-0.4, -0.2) is 11.8 Å². The molecule has 0 spiro atoms. The lowest BCUT2D eigenvalue weighted by atomic mass is 9.71. The Balaban J connectivity index is 1.51. The largest absolute Gasteiger partial charge is 0.459 e. The van der Waals surface area contributed by atoms with Crippen LogP contribution in [0.25, 0.3) is 0 Å². The van der Waals surface area contributed by atoms with E-state index in [0.717, 1.165) is 30.4 Å². The summed E-state index contributed by atoms with van der Waals surface area (Å²) in [5, 5.41) is 6.65. The van der Waals surface area contributed by atoms with Crippen LogP contribution in [0.1, 0.15) is 50.6 Å². The number of carbonyl (C=O) groups excluding carboxylic acids is 2. The van der Waals surface area contributed by atoms with Crippen molar-refractivity contribution in [3.05, 3.63) is 76.6 Å². The van der Waals surface area contributed by atoms with Gasteiger partial charge in [-0.3, -0.25) is 9.59 Å². The van der Waals surface area contributed by atoms with Crippen molar-refractivity contribution in [2.24, 2.45) is 0 Å². The first kappa shape index (κ1) is 17.5. The van der Waals surface area contributed by atoms with E-state index in [1.165, 1.54) is 17.6 Å². The van der Waals surface area contributed by atoms with E-state index in [-0.39, 0.29) is 23.1 Å². The lowest BCUT2D eigenvalue weighted by molar-refractivity contribution is 0.0826. The minimum atomic E-state index is -0.326. The molecule has 0 atom stereocenters. The number of hydrogen-bond donors (Lipinski definition) is 2. The molecule has 1 saturated carbocycles. The third-order valence-corrected chi connectivity index (χ3v) is 6.14. The van der Waals surface area contributed by atoms with Gasteiger partial charge in [-0.1, -0.05) is 30.3 Å². The Morgan fingerprint density at radius 2 is 1.85 bits per heavy atom. The Labute approximate surface area is 161 Å². The summed E-state index contributed by atoms with van der Waals surface area (Å²) in [4.78, 5) is 25.7. The number of aryl methyl sites for hydroxylation is 1. The van der Waals surface area contributed by atoms with Crippen molar-refractivity contribution in [2.75, 3.05) is 5.32 Å². The number of furan rings is 1. The summed E-state index contributed by atoms with van der Waals surface area (Å²) in [5.74, 6) is -0.183. The Hall–Kier alpha value is -2.86. The van der Waals surface area contributed by atoms with Crippen molar-refractivity contribution in [1.82, 2.24) is 5.32 Å². The summed E-state index contributed by atoms with van der Waals surface area (Å²) in [6.45, 7) is 1.88. The number of hydrogen-bond acceptors (Lipinski definition) is 4. The molecule has 0 unspecified atom stereocenters. The van der Waals surface area contributed by atoms with E-state index in [0.29, 0.717) is 9.88 Å². The molecule has 1 fully saturated rings. The Bertz CT molecular complexity index is 957. The number of anilines is 1. The zero-order chi connectivity index (χ0) is 18.9. The van der Waals surface area contributed by atoms with Crippen molar-refractivity contribution >= 4 is 28.2 Å². The molecule has 0 saturated heterocycles. The fraction of sp³-hybridized carbons (Fsp3) is 0.238. The molecule has 1 aliphatic carbocycles. The topological polar surface area (TPSA) is 71.3 Å². The molecule has 4 rings (SSSR count). The standard InChI is InChI=1S/C21H20N2O3S/c1-14-13-17(22-19(24)16-9-5-12-26-16)27-18(14)20(25)23-21(10-6-11-21)15-7-3-2-4-8-15/h2-5,7-9,12-13H,6,10-11H2,1H3,(H,22,24)(H,23,25). The minimum Gasteiger partial charge on any atom is -0.459 e. The maximum Gasteiger partial charge on any atom is 0.291 e. The average molecular weight is 380 g/mol. The number of nitrogens with one attached hydrogen (secondary N) is 2. The maximum absolute atomic E-state index is 12.9. The number of carbonyl (C=O) groups is 2. The van der Waals surface area contributed by atoms with Gasteiger partial charge in [0, 0.05) is 0 Å². The maximum atomic E-state index is 12.9. The molecular weight excluding hydrogens is 360 g/mol. The predicted molar refractivity (Wildman–Crippen MR) is 105 cm³/mol. The van der Waals surface area contributed by atoms with E-state index in [9.17, 15) is 9.59 Å². The number of rotatable bonds is 5. The van der Waals surface area contributed by atoms with E-state index < -0.39 is 0 Å². The highest BCUT2D eigenvalue weighted by Gasteiger charge is 2.40. The second kappa shape index (κ2) is 7.04. The molecule has 2 N–H and O–H groups in total. The van der Waals surface area contributed by atoms with Crippen LogP contribution in [0.5, 0.6) is 0 Å². The summed E-state index contributed by atoms with van der Waals surface area (Å²) < 4.78 is 5.10. The molecule has 1 aliphatic rings. The lowest BCUT2D eigenvalue weighted by Crippen LogP contribution is -2.50. The summed E-state index contributed by atoms with van der Waals surface area (Å²) >= 11 is 1.28. The average Bonchev–Trinajstić information content (AvgIpc) is 3.29. The van der Waals surface area contributed by atoms with Crippen LogP contribution < -0.4 is 10.6 Å². The SMILES string of the molecule is Cc1cc(NC(=O)c2ccco2)sc1C(=O)NC1(c2ccccc2)CCC1. The lowest BCUT2D eigenvalue weighted by Gasteiger charge is -2.43. The van der Waals surface area contributed by atoms with Crippen LogP contribution in [0.15, 0.2) is 59.2 Å². The van der Waals surface area contributed by atoms with Crippen molar-refractivity contribution < 1.29 is 14.0 Å². The molecule has 2 aromatic heterocycles. The van der Waals surface area contributed by atoms with Crippen molar-refractivity contribution in [3.63, 3.8) is 0 Å². The van der Waals surface area contributed by atoms with Gasteiger partial charge in [0.05, 0.1) is 21.7 Å². The normalized spacial score (nSPS) is 15.0. The van der Waals surface area contributed by atoms with Gasteiger partial charge in [0.15, 0.2) is 5.76 Å². The first-order valence-electron chi connectivity index (χ1n) is 8.91. The van der Waals surface area contributed by atoms with E-state index in [1.807, 2.05) is 31.2 Å². The third-order valence-electron chi connectivity index (χ3n) is 4.99. The van der Waals surface area contributed by atoms with Gasteiger partial charge in [-0.25, -0.2) is 0 Å². The fourth-order valence-corrected chi connectivity index (χ4v) is 4.36. The molecule has 0 bridgehead atoms. The monoisotopic (exact) mass is 380 g/mol. The van der Waals surface area contributed by atoms with Crippen molar-refractivity contribution in [3.8, 4) is 0 Å². The third kappa shape index (κ3) is 3.40. The van der Waals surface area contributed by atoms with Gasteiger partial charge in [-0.15, -0.1) is 11.3 Å². The van der Waals surface area contributed by atoms with Crippen LogP contribution in [0.2, 0.25) is 0 Å². The Morgan fingerprint density at radius 3 is 2.48 bits per heavy atom. The first-order valence-corrected chi connectivity index (χ1v) is 9.72. The Kier molecular flexibility index (Phi) is 4.58. The first-order chi connectivity index (χ1) is 13.1.